The Bertz CT molecular complexity index is 972. The van der Waals surface area contributed by atoms with Crippen molar-refractivity contribution in [1.82, 2.24) is 4.31 Å². The lowest BCUT2D eigenvalue weighted by molar-refractivity contribution is -0.120. The van der Waals surface area contributed by atoms with Crippen molar-refractivity contribution < 1.29 is 18.0 Å². The molecule has 0 radical (unpaired) electrons. The number of hydrogen-bond acceptors (Lipinski definition) is 4. The van der Waals surface area contributed by atoms with Crippen LogP contribution in [0.25, 0.3) is 0 Å². The lowest BCUT2D eigenvalue weighted by Gasteiger charge is -2.31. The number of sulfonamides is 1. The van der Waals surface area contributed by atoms with Crippen molar-refractivity contribution >= 4 is 39.0 Å². The number of carbonyl (C=O) groups is 2. The van der Waals surface area contributed by atoms with Crippen LogP contribution in [0.3, 0.4) is 0 Å². The molecule has 0 aliphatic carbocycles. The Labute approximate surface area is 169 Å². The van der Waals surface area contributed by atoms with E-state index in [1.54, 1.807) is 24.3 Å². The van der Waals surface area contributed by atoms with Gasteiger partial charge in [0, 0.05) is 29.4 Å². The summed E-state index contributed by atoms with van der Waals surface area (Å²) in [6.07, 6.45) is 1.22. The number of Topliss-reactive ketones (excluding diaryl/α,β-unsaturated/α-hetero) is 1. The third-order valence-corrected chi connectivity index (χ3v) is 6.90. The highest BCUT2D eigenvalue weighted by Gasteiger charge is 2.33. The molecule has 0 aromatic heterocycles. The zero-order valence-electron chi connectivity index (χ0n) is 15.4. The van der Waals surface area contributed by atoms with Crippen molar-refractivity contribution in [3.8, 4) is 0 Å². The number of anilines is 1. The summed E-state index contributed by atoms with van der Waals surface area (Å²) in [5, 5.41) is 3.27. The quantitative estimate of drug-likeness (QED) is 0.749. The summed E-state index contributed by atoms with van der Waals surface area (Å²) in [6.45, 7) is 1.98. The first-order chi connectivity index (χ1) is 13.3. The van der Waals surface area contributed by atoms with Gasteiger partial charge in [0.2, 0.25) is 15.9 Å². The monoisotopic (exact) mass is 420 g/mol. The zero-order chi connectivity index (χ0) is 20.3. The van der Waals surface area contributed by atoms with Crippen molar-refractivity contribution in [3.05, 3.63) is 59.1 Å². The zero-order valence-corrected chi connectivity index (χ0v) is 17.0. The lowest BCUT2D eigenvalue weighted by atomic mass is 9.98. The molecule has 2 aromatic rings. The number of hydrogen-bond donors (Lipinski definition) is 1. The van der Waals surface area contributed by atoms with Crippen LogP contribution in [0.2, 0.25) is 5.02 Å². The van der Waals surface area contributed by atoms with Crippen LogP contribution in [-0.4, -0.2) is 37.5 Å². The number of rotatable bonds is 5. The molecule has 1 N–H and O–H groups in total. The van der Waals surface area contributed by atoms with E-state index >= 15 is 0 Å². The molecule has 1 saturated heterocycles. The van der Waals surface area contributed by atoms with Crippen molar-refractivity contribution in [1.29, 1.82) is 0 Å². The van der Waals surface area contributed by atoms with Gasteiger partial charge in [-0.2, -0.15) is 4.31 Å². The summed E-state index contributed by atoms with van der Waals surface area (Å²) >= 11 is 5.84. The summed E-state index contributed by atoms with van der Waals surface area (Å²) in [5.74, 6) is -0.719. The Hall–Kier alpha value is -2.22. The van der Waals surface area contributed by atoms with Crippen LogP contribution in [0.15, 0.2) is 53.4 Å². The van der Waals surface area contributed by atoms with Gasteiger partial charge in [-0.3, -0.25) is 9.59 Å². The molecule has 0 spiro atoms. The topological polar surface area (TPSA) is 83.6 Å². The molecule has 1 fully saturated rings. The molecule has 28 heavy (non-hydrogen) atoms. The first-order valence-electron chi connectivity index (χ1n) is 8.95. The molecular weight excluding hydrogens is 400 g/mol. The van der Waals surface area contributed by atoms with E-state index in [2.05, 4.69) is 5.32 Å². The van der Waals surface area contributed by atoms with Crippen LogP contribution >= 0.6 is 11.6 Å². The molecule has 1 aliphatic rings. The molecule has 1 atom stereocenters. The number of nitrogens with zero attached hydrogens (tertiary/aromatic N) is 1. The fourth-order valence-electron chi connectivity index (χ4n) is 3.16. The maximum Gasteiger partial charge on any atom is 0.243 e. The first-order valence-corrected chi connectivity index (χ1v) is 10.8. The molecule has 1 amide bonds. The molecule has 8 heteroatoms. The van der Waals surface area contributed by atoms with Crippen LogP contribution in [0.1, 0.15) is 30.1 Å². The smallest absolute Gasteiger partial charge is 0.243 e. The van der Waals surface area contributed by atoms with E-state index in [1.165, 1.54) is 35.5 Å². The first kappa shape index (κ1) is 20.5. The van der Waals surface area contributed by atoms with E-state index in [1.807, 2.05) is 0 Å². The Morgan fingerprint density at radius 2 is 1.71 bits per heavy atom. The second kappa shape index (κ2) is 8.43. The van der Waals surface area contributed by atoms with Gasteiger partial charge >= 0.3 is 0 Å². The number of nitrogens with one attached hydrogen (secondary N) is 1. The summed E-state index contributed by atoms with van der Waals surface area (Å²) in [5.41, 5.74) is 1.14. The van der Waals surface area contributed by atoms with Gasteiger partial charge in [-0.1, -0.05) is 11.6 Å². The predicted octanol–water partition coefficient (Wildman–Crippen LogP) is 3.58. The van der Waals surface area contributed by atoms with Crippen molar-refractivity contribution in [2.45, 2.75) is 24.7 Å². The second-order valence-electron chi connectivity index (χ2n) is 6.78. The van der Waals surface area contributed by atoms with E-state index < -0.39 is 15.9 Å². The SMILES string of the molecule is CC(=O)c1ccc(NC(=O)C2CCCN(S(=O)(=O)c3ccc(Cl)cc3)C2)cc1. The maximum absolute atomic E-state index is 12.8. The summed E-state index contributed by atoms with van der Waals surface area (Å²) in [4.78, 5) is 24.1. The second-order valence-corrected chi connectivity index (χ2v) is 9.15. The van der Waals surface area contributed by atoms with Gasteiger partial charge in [-0.25, -0.2) is 8.42 Å². The molecule has 0 saturated carbocycles. The fourth-order valence-corrected chi connectivity index (χ4v) is 4.81. The number of carbonyl (C=O) groups excluding carboxylic acids is 2. The van der Waals surface area contributed by atoms with Gasteiger partial charge < -0.3 is 5.32 Å². The highest BCUT2D eigenvalue weighted by atomic mass is 35.5. The van der Waals surface area contributed by atoms with Crippen LogP contribution in [0.4, 0.5) is 5.69 Å². The normalized spacial score (nSPS) is 17.9. The van der Waals surface area contributed by atoms with Crippen LogP contribution in [0.5, 0.6) is 0 Å². The van der Waals surface area contributed by atoms with Gasteiger partial charge in [-0.05, 0) is 68.3 Å². The Morgan fingerprint density at radius 1 is 1.07 bits per heavy atom. The summed E-state index contributed by atoms with van der Waals surface area (Å²) < 4.78 is 27.0. The van der Waals surface area contributed by atoms with Crippen LogP contribution in [0, 0.1) is 5.92 Å². The van der Waals surface area contributed by atoms with Gasteiger partial charge in [0.15, 0.2) is 5.78 Å². The highest BCUT2D eigenvalue weighted by molar-refractivity contribution is 7.89. The molecular formula is C20H21ClN2O4S. The molecule has 3 rings (SSSR count). The van der Waals surface area contributed by atoms with E-state index in [9.17, 15) is 18.0 Å². The third kappa shape index (κ3) is 4.60. The van der Waals surface area contributed by atoms with Crippen LogP contribution in [-0.2, 0) is 14.8 Å². The van der Waals surface area contributed by atoms with Gasteiger partial charge in [0.25, 0.3) is 0 Å². The molecule has 1 unspecified atom stereocenters. The maximum atomic E-state index is 12.8. The third-order valence-electron chi connectivity index (χ3n) is 4.77. The van der Waals surface area contributed by atoms with Gasteiger partial charge in [0.1, 0.15) is 0 Å². The molecule has 6 nitrogen and oxygen atoms in total. The number of piperidine rings is 1. The minimum Gasteiger partial charge on any atom is -0.326 e. The lowest BCUT2D eigenvalue weighted by Crippen LogP contribution is -2.43. The average Bonchev–Trinajstić information content (AvgIpc) is 2.69. The Morgan fingerprint density at radius 3 is 2.32 bits per heavy atom. The minimum absolute atomic E-state index is 0.0480. The summed E-state index contributed by atoms with van der Waals surface area (Å²) in [7, 11) is -3.68. The van der Waals surface area contributed by atoms with Gasteiger partial charge in [-0.15, -0.1) is 0 Å². The molecule has 2 aromatic carbocycles. The van der Waals surface area contributed by atoms with Crippen molar-refractivity contribution in [3.63, 3.8) is 0 Å². The standard InChI is InChI=1S/C20H21ClN2O4S/c1-14(24)15-4-8-18(9-5-15)22-20(25)16-3-2-12-23(13-16)28(26,27)19-10-6-17(21)7-11-19/h4-11,16H,2-3,12-13H2,1H3,(H,22,25). The van der Waals surface area contributed by atoms with E-state index in [0.29, 0.717) is 35.7 Å². The minimum atomic E-state index is -3.68. The molecule has 1 heterocycles. The van der Waals surface area contributed by atoms with Crippen LogP contribution < -0.4 is 5.32 Å². The van der Waals surface area contributed by atoms with Crippen molar-refractivity contribution in [2.75, 3.05) is 18.4 Å². The Balaban J connectivity index is 1.69. The van der Waals surface area contributed by atoms with Gasteiger partial charge in [0.05, 0.1) is 10.8 Å². The van der Waals surface area contributed by atoms with E-state index in [4.69, 9.17) is 11.6 Å². The number of benzene rings is 2. The predicted molar refractivity (Wildman–Crippen MR) is 108 cm³/mol. The number of ketones is 1. The fraction of sp³-hybridized carbons (Fsp3) is 0.300. The van der Waals surface area contributed by atoms with E-state index in [-0.39, 0.29) is 23.1 Å². The molecule has 0 bridgehead atoms. The van der Waals surface area contributed by atoms with Crippen molar-refractivity contribution in [2.24, 2.45) is 5.92 Å². The number of amides is 1. The summed E-state index contributed by atoms with van der Waals surface area (Å²) in [6, 6.07) is 12.6. The largest absolute Gasteiger partial charge is 0.326 e. The Kier molecular flexibility index (Phi) is 6.17. The molecule has 148 valence electrons. The molecule has 1 aliphatic heterocycles. The average molecular weight is 421 g/mol. The number of halogens is 1. The highest BCUT2D eigenvalue weighted by Crippen LogP contribution is 2.25. The van der Waals surface area contributed by atoms with E-state index in [0.717, 1.165) is 0 Å².